The van der Waals surface area contributed by atoms with Gasteiger partial charge in [0.05, 0.1) is 15.0 Å². The van der Waals surface area contributed by atoms with Crippen LogP contribution in [0.3, 0.4) is 0 Å². The topological polar surface area (TPSA) is 72.7 Å². The maximum absolute atomic E-state index is 12.0. The molecule has 158 valence electrons. The molecule has 31 heavy (non-hydrogen) atoms. The number of ether oxygens (including phenoxy) is 1. The van der Waals surface area contributed by atoms with Gasteiger partial charge in [-0.2, -0.15) is 0 Å². The quantitative estimate of drug-likeness (QED) is 0.255. The molecule has 0 amide bonds. The molecule has 3 aromatic rings. The van der Waals surface area contributed by atoms with Crippen LogP contribution in [0.15, 0.2) is 54.6 Å². The van der Waals surface area contributed by atoms with Gasteiger partial charge in [0.1, 0.15) is 18.1 Å². The van der Waals surface area contributed by atoms with E-state index < -0.39 is 11.0 Å². The van der Waals surface area contributed by atoms with Crippen molar-refractivity contribution in [2.45, 2.75) is 19.4 Å². The fourth-order valence-corrected chi connectivity index (χ4v) is 4.29. The number of non-ortho nitro benzene ring substituents is 1. The summed E-state index contributed by atoms with van der Waals surface area (Å²) in [5.41, 5.74) is 3.85. The van der Waals surface area contributed by atoms with E-state index in [1.165, 1.54) is 12.1 Å². The molecule has 0 spiro atoms. The SMILES string of the molecule is Cc1ccc(N2CCc3cc(Oc4c(Cl)cc([N+](=O)[O-])cc4Cl)ccc3C2C=O)cc1. The van der Waals surface area contributed by atoms with Crippen molar-refractivity contribution in [2.24, 2.45) is 0 Å². The third-order valence-electron chi connectivity index (χ3n) is 5.30. The van der Waals surface area contributed by atoms with Gasteiger partial charge in [0.25, 0.3) is 5.69 Å². The maximum atomic E-state index is 12.0. The lowest BCUT2D eigenvalue weighted by Gasteiger charge is -2.36. The maximum Gasteiger partial charge on any atom is 0.272 e. The number of anilines is 1. The lowest BCUT2D eigenvalue weighted by atomic mass is 9.92. The number of rotatable bonds is 5. The highest BCUT2D eigenvalue weighted by Gasteiger charge is 2.28. The van der Waals surface area contributed by atoms with Crippen LogP contribution in [0.2, 0.25) is 10.0 Å². The van der Waals surface area contributed by atoms with Crippen molar-refractivity contribution in [2.75, 3.05) is 11.4 Å². The summed E-state index contributed by atoms with van der Waals surface area (Å²) in [4.78, 5) is 24.4. The second-order valence-electron chi connectivity index (χ2n) is 7.32. The molecule has 0 saturated carbocycles. The predicted octanol–water partition coefficient (Wildman–Crippen LogP) is 6.31. The molecule has 0 bridgehead atoms. The first-order valence-corrected chi connectivity index (χ1v) is 10.4. The summed E-state index contributed by atoms with van der Waals surface area (Å²) in [5.74, 6) is 0.641. The van der Waals surface area contributed by atoms with Crippen molar-refractivity contribution >= 4 is 40.9 Å². The van der Waals surface area contributed by atoms with Crippen LogP contribution in [0.25, 0.3) is 0 Å². The summed E-state index contributed by atoms with van der Waals surface area (Å²) in [6, 6.07) is 15.5. The van der Waals surface area contributed by atoms with Gasteiger partial charge < -0.3 is 14.4 Å². The number of halogens is 2. The zero-order chi connectivity index (χ0) is 22.1. The van der Waals surface area contributed by atoms with Crippen LogP contribution in [0.5, 0.6) is 11.5 Å². The summed E-state index contributed by atoms with van der Waals surface area (Å²) in [6.07, 6.45) is 1.68. The normalized spacial score (nSPS) is 15.3. The van der Waals surface area contributed by atoms with E-state index in [0.29, 0.717) is 12.3 Å². The molecule has 1 heterocycles. The molecule has 1 unspecified atom stereocenters. The molecular weight excluding hydrogens is 439 g/mol. The minimum Gasteiger partial charge on any atom is -0.454 e. The Morgan fingerprint density at radius 3 is 2.39 bits per heavy atom. The number of benzene rings is 3. The van der Waals surface area contributed by atoms with Crippen molar-refractivity contribution in [3.63, 3.8) is 0 Å². The van der Waals surface area contributed by atoms with Gasteiger partial charge in [-0.1, -0.05) is 47.0 Å². The molecular formula is C23H18Cl2N2O4. The highest BCUT2D eigenvalue weighted by molar-refractivity contribution is 6.37. The number of fused-ring (bicyclic) bond motifs is 1. The molecule has 3 aromatic carbocycles. The van der Waals surface area contributed by atoms with Crippen molar-refractivity contribution < 1.29 is 14.5 Å². The van der Waals surface area contributed by atoms with Gasteiger partial charge in [-0.25, -0.2) is 0 Å². The molecule has 0 fully saturated rings. The average molecular weight is 457 g/mol. The summed E-state index contributed by atoms with van der Waals surface area (Å²) >= 11 is 12.3. The number of carbonyl (C=O) groups is 1. The molecule has 0 aliphatic carbocycles. The Bertz CT molecular complexity index is 1140. The molecule has 1 aliphatic heterocycles. The second kappa shape index (κ2) is 8.57. The fourth-order valence-electron chi connectivity index (χ4n) is 3.74. The molecule has 8 heteroatoms. The van der Waals surface area contributed by atoms with E-state index in [2.05, 4.69) is 4.90 Å². The molecule has 0 N–H and O–H groups in total. The number of nitro benzene ring substituents is 1. The number of hydrogen-bond donors (Lipinski definition) is 0. The number of aryl methyl sites for hydroxylation is 1. The zero-order valence-electron chi connectivity index (χ0n) is 16.5. The first-order valence-electron chi connectivity index (χ1n) is 9.60. The number of aldehydes is 1. The van der Waals surface area contributed by atoms with E-state index in [1.54, 1.807) is 6.07 Å². The highest BCUT2D eigenvalue weighted by atomic mass is 35.5. The fraction of sp³-hybridized carbons (Fsp3) is 0.174. The molecule has 1 atom stereocenters. The van der Waals surface area contributed by atoms with Crippen LogP contribution in [0.4, 0.5) is 11.4 Å². The van der Waals surface area contributed by atoms with Gasteiger partial charge in [-0.05, 0) is 48.7 Å². The molecule has 0 saturated heterocycles. The van der Waals surface area contributed by atoms with Gasteiger partial charge >= 0.3 is 0 Å². The number of hydrogen-bond acceptors (Lipinski definition) is 5. The standard InChI is InChI=1S/C23H18Cl2N2O4/c1-14-2-4-16(5-3-14)26-9-8-15-10-18(6-7-19(15)22(26)13-28)31-23-20(24)11-17(27(29)30)12-21(23)25/h2-7,10-13,22H,8-9H2,1H3. The van der Waals surface area contributed by atoms with Crippen molar-refractivity contribution in [1.29, 1.82) is 0 Å². The summed E-state index contributed by atoms with van der Waals surface area (Å²) in [5, 5.41) is 11.1. The Morgan fingerprint density at radius 2 is 1.77 bits per heavy atom. The Morgan fingerprint density at radius 1 is 1.10 bits per heavy atom. The van der Waals surface area contributed by atoms with Gasteiger partial charge in [-0.15, -0.1) is 0 Å². The van der Waals surface area contributed by atoms with Crippen LogP contribution in [0.1, 0.15) is 22.7 Å². The monoisotopic (exact) mass is 456 g/mol. The van der Waals surface area contributed by atoms with Gasteiger partial charge in [-0.3, -0.25) is 10.1 Å². The minimum atomic E-state index is -0.570. The minimum absolute atomic E-state index is 0.0493. The van der Waals surface area contributed by atoms with Crippen LogP contribution in [0, 0.1) is 17.0 Å². The summed E-state index contributed by atoms with van der Waals surface area (Å²) < 4.78 is 5.85. The Labute approximate surface area is 189 Å². The van der Waals surface area contributed by atoms with Crippen LogP contribution in [-0.4, -0.2) is 17.8 Å². The Kier molecular flexibility index (Phi) is 5.85. The van der Waals surface area contributed by atoms with E-state index in [0.717, 1.165) is 35.1 Å². The van der Waals surface area contributed by atoms with Gasteiger partial charge in [0.2, 0.25) is 0 Å². The average Bonchev–Trinajstić information content (AvgIpc) is 2.75. The molecule has 4 rings (SSSR count). The van der Waals surface area contributed by atoms with Crippen LogP contribution < -0.4 is 9.64 Å². The van der Waals surface area contributed by atoms with E-state index in [-0.39, 0.29) is 21.5 Å². The van der Waals surface area contributed by atoms with E-state index in [9.17, 15) is 14.9 Å². The van der Waals surface area contributed by atoms with E-state index in [4.69, 9.17) is 27.9 Å². The van der Waals surface area contributed by atoms with Crippen molar-refractivity contribution in [3.8, 4) is 11.5 Å². The lowest BCUT2D eigenvalue weighted by Crippen LogP contribution is -2.36. The largest absolute Gasteiger partial charge is 0.454 e. The first kappa shape index (κ1) is 21.2. The predicted molar refractivity (Wildman–Crippen MR) is 121 cm³/mol. The summed E-state index contributed by atoms with van der Waals surface area (Å²) in [7, 11) is 0. The third kappa shape index (κ3) is 4.22. The molecule has 6 nitrogen and oxygen atoms in total. The van der Waals surface area contributed by atoms with Crippen LogP contribution >= 0.6 is 23.2 Å². The number of nitrogens with zero attached hydrogens (tertiary/aromatic N) is 2. The number of nitro groups is 1. The van der Waals surface area contributed by atoms with Crippen LogP contribution in [-0.2, 0) is 11.2 Å². The first-order chi connectivity index (χ1) is 14.9. The van der Waals surface area contributed by atoms with Gasteiger partial charge in [0, 0.05) is 24.4 Å². The third-order valence-corrected chi connectivity index (χ3v) is 5.86. The number of carbonyl (C=O) groups excluding carboxylic acids is 1. The smallest absolute Gasteiger partial charge is 0.272 e. The Hall–Kier alpha value is -3.09. The van der Waals surface area contributed by atoms with Crippen molar-refractivity contribution in [1.82, 2.24) is 0 Å². The zero-order valence-corrected chi connectivity index (χ0v) is 18.1. The van der Waals surface area contributed by atoms with Crippen molar-refractivity contribution in [3.05, 3.63) is 91.4 Å². The highest BCUT2D eigenvalue weighted by Crippen LogP contribution is 2.41. The van der Waals surface area contributed by atoms with E-state index >= 15 is 0 Å². The van der Waals surface area contributed by atoms with Gasteiger partial charge in [0.15, 0.2) is 5.75 Å². The van der Waals surface area contributed by atoms with E-state index in [1.807, 2.05) is 43.3 Å². The Balaban J connectivity index is 1.62. The second-order valence-corrected chi connectivity index (χ2v) is 8.13. The molecule has 1 aliphatic rings. The molecule has 0 aromatic heterocycles. The lowest BCUT2D eigenvalue weighted by molar-refractivity contribution is -0.384. The molecule has 0 radical (unpaired) electrons. The summed E-state index contributed by atoms with van der Waals surface area (Å²) in [6.45, 7) is 2.71.